The third kappa shape index (κ3) is 3.68. The smallest absolute Gasteiger partial charge is 0.0540 e. The van der Waals surface area contributed by atoms with Crippen molar-refractivity contribution >= 4 is 0 Å². The van der Waals surface area contributed by atoms with Crippen LogP contribution in [0.1, 0.15) is 58.8 Å². The Morgan fingerprint density at radius 1 is 1.23 bits per heavy atom. The summed E-state index contributed by atoms with van der Waals surface area (Å²) in [6.45, 7) is 4.37. The number of aliphatic hydroxyl groups is 1. The molecule has 3 unspecified atom stereocenters. The van der Waals surface area contributed by atoms with Crippen molar-refractivity contribution in [2.45, 2.75) is 64.9 Å². The predicted molar refractivity (Wildman–Crippen MR) is 56.7 cm³/mol. The summed E-state index contributed by atoms with van der Waals surface area (Å²) in [6.07, 6.45) is 8.80. The monoisotopic (exact) mass is 184 g/mol. The van der Waals surface area contributed by atoms with Gasteiger partial charge in [0.2, 0.25) is 0 Å². The zero-order valence-electron chi connectivity index (χ0n) is 9.13. The van der Waals surface area contributed by atoms with Gasteiger partial charge in [0, 0.05) is 0 Å². The van der Waals surface area contributed by atoms with Crippen molar-refractivity contribution in [1.82, 2.24) is 0 Å². The lowest BCUT2D eigenvalue weighted by molar-refractivity contribution is 0.115. The lowest BCUT2D eigenvalue weighted by Gasteiger charge is -2.29. The van der Waals surface area contributed by atoms with Crippen LogP contribution in [0.4, 0.5) is 0 Å². The van der Waals surface area contributed by atoms with Crippen molar-refractivity contribution < 1.29 is 5.11 Å². The molecular formula is C12H24O. The maximum atomic E-state index is 9.57. The second-order valence-corrected chi connectivity index (χ2v) is 4.60. The zero-order chi connectivity index (χ0) is 9.68. The number of aliphatic hydroxyl groups excluding tert-OH is 1. The highest BCUT2D eigenvalue weighted by Gasteiger charge is 2.22. The molecule has 0 heterocycles. The van der Waals surface area contributed by atoms with Crippen LogP contribution in [-0.4, -0.2) is 11.2 Å². The first-order chi connectivity index (χ1) is 6.26. The van der Waals surface area contributed by atoms with E-state index in [4.69, 9.17) is 0 Å². The number of hydrogen-bond donors (Lipinski definition) is 1. The van der Waals surface area contributed by atoms with Gasteiger partial charge in [0.25, 0.3) is 0 Å². The van der Waals surface area contributed by atoms with Crippen LogP contribution >= 0.6 is 0 Å². The van der Waals surface area contributed by atoms with Gasteiger partial charge in [-0.3, -0.25) is 0 Å². The van der Waals surface area contributed by atoms with E-state index in [1.54, 1.807) is 0 Å². The summed E-state index contributed by atoms with van der Waals surface area (Å²) in [7, 11) is 0. The van der Waals surface area contributed by atoms with Gasteiger partial charge in [-0.15, -0.1) is 0 Å². The minimum atomic E-state index is -0.0411. The number of rotatable bonds is 4. The summed E-state index contributed by atoms with van der Waals surface area (Å²) in [4.78, 5) is 0. The van der Waals surface area contributed by atoms with Crippen LogP contribution in [-0.2, 0) is 0 Å². The first kappa shape index (κ1) is 11.0. The molecule has 0 aromatic carbocycles. The van der Waals surface area contributed by atoms with Gasteiger partial charge in [-0.25, -0.2) is 0 Å². The van der Waals surface area contributed by atoms with Gasteiger partial charge in [-0.05, 0) is 31.1 Å². The van der Waals surface area contributed by atoms with Gasteiger partial charge >= 0.3 is 0 Å². The molecule has 0 spiro atoms. The molecule has 1 N–H and O–H groups in total. The van der Waals surface area contributed by atoms with Crippen LogP contribution in [0.3, 0.4) is 0 Å². The molecule has 0 aromatic heterocycles. The zero-order valence-corrected chi connectivity index (χ0v) is 9.13. The summed E-state index contributed by atoms with van der Waals surface area (Å²) >= 11 is 0. The molecule has 0 amide bonds. The van der Waals surface area contributed by atoms with Crippen molar-refractivity contribution in [1.29, 1.82) is 0 Å². The third-order valence-electron chi connectivity index (χ3n) is 3.55. The van der Waals surface area contributed by atoms with Crippen molar-refractivity contribution in [3.8, 4) is 0 Å². The Balaban J connectivity index is 2.25. The standard InChI is InChI=1S/C12H24O/c1-3-10-6-5-7-11(8-10)9-12(13)4-2/h10-13H,3-9H2,1-2H3. The average Bonchev–Trinajstić information content (AvgIpc) is 2.18. The molecule has 0 aromatic rings. The Morgan fingerprint density at radius 3 is 2.54 bits per heavy atom. The van der Waals surface area contributed by atoms with Crippen LogP contribution < -0.4 is 0 Å². The molecule has 13 heavy (non-hydrogen) atoms. The van der Waals surface area contributed by atoms with E-state index >= 15 is 0 Å². The Labute approximate surface area is 82.5 Å². The summed E-state index contributed by atoms with van der Waals surface area (Å²) in [5.41, 5.74) is 0. The molecule has 1 aliphatic rings. The molecule has 0 radical (unpaired) electrons. The molecule has 78 valence electrons. The normalized spacial score (nSPS) is 31.6. The highest BCUT2D eigenvalue weighted by molar-refractivity contribution is 4.74. The molecule has 1 saturated carbocycles. The van der Waals surface area contributed by atoms with Gasteiger partial charge in [0.05, 0.1) is 6.10 Å². The quantitative estimate of drug-likeness (QED) is 0.710. The van der Waals surface area contributed by atoms with E-state index in [-0.39, 0.29) is 6.10 Å². The highest BCUT2D eigenvalue weighted by atomic mass is 16.3. The van der Waals surface area contributed by atoms with E-state index in [1.165, 1.54) is 32.1 Å². The summed E-state index contributed by atoms with van der Waals surface area (Å²) in [5.74, 6) is 1.76. The molecule has 1 rings (SSSR count). The highest BCUT2D eigenvalue weighted by Crippen LogP contribution is 2.33. The van der Waals surface area contributed by atoms with E-state index < -0.39 is 0 Å². The summed E-state index contributed by atoms with van der Waals surface area (Å²) < 4.78 is 0. The van der Waals surface area contributed by atoms with Crippen molar-refractivity contribution in [2.24, 2.45) is 11.8 Å². The van der Waals surface area contributed by atoms with Gasteiger partial charge in [0.15, 0.2) is 0 Å². The van der Waals surface area contributed by atoms with Crippen molar-refractivity contribution in [3.05, 3.63) is 0 Å². The Morgan fingerprint density at radius 2 is 1.92 bits per heavy atom. The van der Waals surface area contributed by atoms with Gasteiger partial charge in [-0.1, -0.05) is 39.5 Å². The summed E-state index contributed by atoms with van der Waals surface area (Å²) in [5, 5.41) is 9.57. The van der Waals surface area contributed by atoms with Crippen LogP contribution in [0.25, 0.3) is 0 Å². The largest absolute Gasteiger partial charge is 0.393 e. The lowest BCUT2D eigenvalue weighted by atomic mass is 9.78. The SMILES string of the molecule is CCC(O)CC1CCCC(CC)C1. The Kier molecular flexibility index (Phi) is 4.79. The van der Waals surface area contributed by atoms with E-state index in [0.29, 0.717) is 0 Å². The molecule has 1 heteroatoms. The first-order valence-corrected chi connectivity index (χ1v) is 5.94. The molecule has 3 atom stereocenters. The van der Waals surface area contributed by atoms with Crippen LogP contribution in [0, 0.1) is 11.8 Å². The maximum absolute atomic E-state index is 9.57. The topological polar surface area (TPSA) is 20.2 Å². The Bertz CT molecular complexity index is 131. The van der Waals surface area contributed by atoms with E-state index in [1.807, 2.05) is 0 Å². The van der Waals surface area contributed by atoms with E-state index in [2.05, 4.69) is 13.8 Å². The van der Waals surface area contributed by atoms with Gasteiger partial charge in [0.1, 0.15) is 0 Å². The Hall–Kier alpha value is -0.0400. The average molecular weight is 184 g/mol. The minimum Gasteiger partial charge on any atom is -0.393 e. The van der Waals surface area contributed by atoms with Crippen LogP contribution in [0.15, 0.2) is 0 Å². The molecule has 0 bridgehead atoms. The van der Waals surface area contributed by atoms with Crippen LogP contribution in [0.2, 0.25) is 0 Å². The fourth-order valence-corrected chi connectivity index (χ4v) is 2.54. The molecule has 0 aliphatic heterocycles. The molecule has 1 aliphatic carbocycles. The fourth-order valence-electron chi connectivity index (χ4n) is 2.54. The predicted octanol–water partition coefficient (Wildman–Crippen LogP) is 3.36. The molecule has 1 nitrogen and oxygen atoms in total. The second-order valence-electron chi connectivity index (χ2n) is 4.60. The van der Waals surface area contributed by atoms with Crippen molar-refractivity contribution in [3.63, 3.8) is 0 Å². The van der Waals surface area contributed by atoms with E-state index in [9.17, 15) is 5.11 Å². The number of hydrogen-bond acceptors (Lipinski definition) is 1. The summed E-state index contributed by atoms with van der Waals surface area (Å²) in [6, 6.07) is 0. The second kappa shape index (κ2) is 5.64. The van der Waals surface area contributed by atoms with Gasteiger partial charge < -0.3 is 5.11 Å². The minimum absolute atomic E-state index is 0.0411. The molecule has 0 saturated heterocycles. The van der Waals surface area contributed by atoms with E-state index in [0.717, 1.165) is 24.7 Å². The van der Waals surface area contributed by atoms with Crippen molar-refractivity contribution in [2.75, 3.05) is 0 Å². The first-order valence-electron chi connectivity index (χ1n) is 5.94. The lowest BCUT2D eigenvalue weighted by Crippen LogP contribution is -2.19. The van der Waals surface area contributed by atoms with Gasteiger partial charge in [-0.2, -0.15) is 0 Å². The molecular weight excluding hydrogens is 160 g/mol. The molecule has 1 fully saturated rings. The van der Waals surface area contributed by atoms with Crippen LogP contribution in [0.5, 0.6) is 0 Å². The maximum Gasteiger partial charge on any atom is 0.0540 e. The fraction of sp³-hybridized carbons (Fsp3) is 1.00. The third-order valence-corrected chi connectivity index (χ3v) is 3.55.